The van der Waals surface area contributed by atoms with Crippen LogP contribution in [-0.2, 0) is 27.2 Å². The maximum Gasteiger partial charge on any atom is 0.414 e. The molecule has 3 N–H and O–H groups in total. The molecule has 1 heterocycles. The molecular weight excluding hydrogens is 564 g/mol. The van der Waals surface area contributed by atoms with E-state index < -0.39 is 54.0 Å². The molecular formula is C27H44F4N4O3SSi. The summed E-state index contributed by atoms with van der Waals surface area (Å²) in [5, 5.41) is 0. The van der Waals surface area contributed by atoms with Gasteiger partial charge in [0.15, 0.2) is 6.10 Å². The van der Waals surface area contributed by atoms with Crippen LogP contribution in [0.1, 0.15) is 70.9 Å². The van der Waals surface area contributed by atoms with Crippen LogP contribution >= 0.6 is 0 Å². The fourth-order valence-corrected chi connectivity index (χ4v) is 5.84. The predicted octanol–water partition coefficient (Wildman–Crippen LogP) is 6.35. The van der Waals surface area contributed by atoms with E-state index in [9.17, 15) is 17.4 Å². The second-order valence-electron chi connectivity index (χ2n) is 13.0. The molecule has 1 aliphatic carbocycles. The summed E-state index contributed by atoms with van der Waals surface area (Å²) in [7, 11) is -3.12. The summed E-state index contributed by atoms with van der Waals surface area (Å²) >= 11 is 0. The highest BCUT2D eigenvalue weighted by atomic mass is 32.2. The Hall–Kier alpha value is -1.38. The average Bonchev–Trinajstić information content (AvgIpc) is 3.59. The highest BCUT2D eigenvalue weighted by Crippen LogP contribution is 2.41. The zero-order valence-corrected chi connectivity index (χ0v) is 26.5. The van der Waals surface area contributed by atoms with E-state index in [-0.39, 0.29) is 30.0 Å². The van der Waals surface area contributed by atoms with Crippen molar-refractivity contribution in [3.63, 3.8) is 0 Å². The van der Waals surface area contributed by atoms with Crippen molar-refractivity contribution in [2.45, 2.75) is 115 Å². The van der Waals surface area contributed by atoms with E-state index in [2.05, 4.69) is 29.3 Å². The van der Waals surface area contributed by atoms with Gasteiger partial charge in [-0.2, -0.15) is 13.2 Å². The van der Waals surface area contributed by atoms with Crippen LogP contribution in [0.5, 0.6) is 0 Å². The van der Waals surface area contributed by atoms with E-state index in [1.165, 1.54) is 17.6 Å². The normalized spacial score (nSPS) is 19.0. The molecule has 1 fully saturated rings. The Labute approximate surface area is 238 Å². The van der Waals surface area contributed by atoms with E-state index in [0.29, 0.717) is 17.7 Å². The van der Waals surface area contributed by atoms with E-state index in [4.69, 9.17) is 15.2 Å². The summed E-state index contributed by atoms with van der Waals surface area (Å²) < 4.78 is 84.2. The Kier molecular flexibility index (Phi) is 10.3. The Balaban J connectivity index is 2.11. The maximum absolute atomic E-state index is 15.7. The first-order valence-electron chi connectivity index (χ1n) is 13.7. The predicted molar refractivity (Wildman–Crippen MR) is 153 cm³/mol. The number of nitrogens with one attached hydrogen (secondary N) is 1. The Morgan fingerprint density at radius 2 is 1.82 bits per heavy atom. The van der Waals surface area contributed by atoms with Gasteiger partial charge >= 0.3 is 6.18 Å². The van der Waals surface area contributed by atoms with Crippen molar-refractivity contribution in [3.05, 3.63) is 29.3 Å². The quantitative estimate of drug-likeness (QED) is 0.157. The molecule has 1 saturated carbocycles. The largest absolute Gasteiger partial charge is 0.414 e. The molecule has 0 amide bonds. The lowest BCUT2D eigenvalue weighted by Gasteiger charge is -2.30. The molecule has 0 spiro atoms. The summed E-state index contributed by atoms with van der Waals surface area (Å²) in [6.45, 7) is 14.6. The first kappa shape index (κ1) is 33.1. The molecule has 5 atom stereocenters. The molecule has 0 radical (unpaired) electrons. The minimum absolute atomic E-state index is 0.0802. The van der Waals surface area contributed by atoms with Crippen molar-refractivity contribution in [3.8, 4) is 0 Å². The van der Waals surface area contributed by atoms with Crippen molar-refractivity contribution in [2.24, 2.45) is 11.7 Å². The van der Waals surface area contributed by atoms with Gasteiger partial charge in [0.2, 0.25) is 0 Å². The number of nitrogens with zero attached hydrogens (tertiary/aromatic N) is 2. The van der Waals surface area contributed by atoms with E-state index >= 15 is 4.39 Å². The van der Waals surface area contributed by atoms with Crippen molar-refractivity contribution in [1.29, 1.82) is 0 Å². The summed E-state index contributed by atoms with van der Waals surface area (Å²) in [6, 6.07) is 2.59. The molecule has 228 valence electrons. The Morgan fingerprint density at radius 1 is 1.20 bits per heavy atom. The molecule has 1 aliphatic rings. The fourth-order valence-electron chi connectivity index (χ4n) is 4.21. The lowest BCUT2D eigenvalue weighted by atomic mass is 10.0. The number of alkyl halides is 3. The third-order valence-electron chi connectivity index (χ3n) is 7.00. The highest BCUT2D eigenvalue weighted by Gasteiger charge is 2.41. The fraction of sp³-hybridized carbons (Fsp3) is 0.741. The summed E-state index contributed by atoms with van der Waals surface area (Å²) in [5.74, 6) is -0.0909. The number of aromatic nitrogens is 2. The number of fused-ring (bicyclic) bond motifs is 1. The van der Waals surface area contributed by atoms with Gasteiger partial charge in [-0.3, -0.25) is 4.57 Å². The standard InChI is InChI=1S/C27H44F4N4O3SSi/c1-16(38-17(2)27(29,30)31)23(34-39(36)26(3,4)5)25-33-21-14-19(22(32)18-9-10-18)13-20(28)24(21)35(25)15-37-11-12-40(6,7)8/h13-14,16-18,22-23,34H,9-12,15,32H2,1-8H3/t16-,17-,22-,23+,39?/m1/s1. The molecule has 0 bridgehead atoms. The summed E-state index contributed by atoms with van der Waals surface area (Å²) in [6.07, 6.45) is -5.86. The number of imidazole rings is 1. The first-order chi connectivity index (χ1) is 18.3. The number of ether oxygens (including phenoxy) is 2. The van der Waals surface area contributed by atoms with E-state index in [1.807, 2.05) is 0 Å². The third kappa shape index (κ3) is 8.57. The Morgan fingerprint density at radius 3 is 2.35 bits per heavy atom. The van der Waals surface area contributed by atoms with Crippen LogP contribution in [0.25, 0.3) is 11.0 Å². The van der Waals surface area contributed by atoms with Crippen molar-refractivity contribution in [2.75, 3.05) is 6.61 Å². The SMILES string of the molecule is C[C@@H](O[C@H](C)C(F)(F)F)[C@H](NS(=O)C(C)(C)C)c1nc2cc([C@H](N)C3CC3)cc(F)c2n1COCC[Si](C)(C)C. The minimum Gasteiger partial charge on any atom is -0.364 e. The lowest BCUT2D eigenvalue weighted by Crippen LogP contribution is -2.43. The van der Waals surface area contributed by atoms with Crippen molar-refractivity contribution in [1.82, 2.24) is 14.3 Å². The molecule has 0 aliphatic heterocycles. The summed E-state index contributed by atoms with van der Waals surface area (Å²) in [5.41, 5.74) is 7.43. The second kappa shape index (κ2) is 12.5. The second-order valence-corrected chi connectivity index (χ2v) is 20.6. The topological polar surface area (TPSA) is 91.4 Å². The molecule has 0 saturated heterocycles. The minimum atomic E-state index is -4.60. The number of nitrogens with two attached hydrogens (primary N) is 1. The molecule has 2 aromatic rings. The first-order valence-corrected chi connectivity index (χ1v) is 18.6. The van der Waals surface area contributed by atoms with Crippen LogP contribution in [0.15, 0.2) is 12.1 Å². The summed E-state index contributed by atoms with van der Waals surface area (Å²) in [4.78, 5) is 4.69. The number of benzene rings is 1. The van der Waals surface area contributed by atoms with Gasteiger partial charge in [-0.15, -0.1) is 0 Å². The van der Waals surface area contributed by atoms with Gasteiger partial charge in [0.25, 0.3) is 0 Å². The van der Waals surface area contributed by atoms with Crippen molar-refractivity contribution >= 4 is 30.1 Å². The average molecular weight is 609 g/mol. The number of hydrogen-bond acceptors (Lipinski definition) is 5. The maximum atomic E-state index is 15.7. The monoisotopic (exact) mass is 608 g/mol. The molecule has 7 nitrogen and oxygen atoms in total. The number of halogens is 4. The van der Waals surface area contributed by atoms with Crippen LogP contribution < -0.4 is 10.5 Å². The van der Waals surface area contributed by atoms with Crippen LogP contribution in [0.2, 0.25) is 25.7 Å². The molecule has 1 aromatic carbocycles. The van der Waals surface area contributed by atoms with Crippen molar-refractivity contribution < 1.29 is 31.2 Å². The Bertz CT molecular complexity index is 1190. The zero-order chi connectivity index (χ0) is 30.2. The van der Waals surface area contributed by atoms with E-state index in [0.717, 1.165) is 25.8 Å². The van der Waals surface area contributed by atoms with Crippen LogP contribution in [0.3, 0.4) is 0 Å². The smallest absolute Gasteiger partial charge is 0.364 e. The van der Waals surface area contributed by atoms with Crippen LogP contribution in [0, 0.1) is 11.7 Å². The molecule has 1 aromatic heterocycles. The third-order valence-corrected chi connectivity index (χ3v) is 10.3. The van der Waals surface area contributed by atoms with Gasteiger partial charge in [-0.1, -0.05) is 19.6 Å². The van der Waals surface area contributed by atoms with Crippen LogP contribution in [-0.4, -0.2) is 51.6 Å². The van der Waals surface area contributed by atoms with Gasteiger partial charge < -0.3 is 15.2 Å². The molecule has 13 heteroatoms. The van der Waals surface area contributed by atoms with Gasteiger partial charge in [-0.05, 0) is 77.1 Å². The number of rotatable bonds is 13. The molecule has 1 unspecified atom stereocenters. The van der Waals surface area contributed by atoms with Gasteiger partial charge in [0.05, 0.1) is 27.4 Å². The molecule has 3 rings (SSSR count). The highest BCUT2D eigenvalue weighted by molar-refractivity contribution is 7.84. The van der Waals surface area contributed by atoms with Gasteiger partial charge in [-0.25, -0.2) is 18.3 Å². The van der Waals surface area contributed by atoms with Gasteiger partial charge in [0, 0.05) is 20.7 Å². The number of hydrogen-bond donors (Lipinski definition) is 2. The van der Waals surface area contributed by atoms with E-state index in [1.54, 1.807) is 26.8 Å². The van der Waals surface area contributed by atoms with Gasteiger partial charge in [0.1, 0.15) is 29.9 Å². The van der Waals surface area contributed by atoms with Crippen LogP contribution in [0.4, 0.5) is 17.6 Å². The lowest BCUT2D eigenvalue weighted by molar-refractivity contribution is -0.227. The molecule has 40 heavy (non-hydrogen) atoms. The zero-order valence-electron chi connectivity index (χ0n) is 24.7.